The number of hydrogen-bond acceptors (Lipinski definition) is 4. The van der Waals surface area contributed by atoms with E-state index < -0.39 is 0 Å². The van der Waals surface area contributed by atoms with Crippen LogP contribution >= 0.6 is 11.3 Å². The van der Waals surface area contributed by atoms with Crippen molar-refractivity contribution in [2.75, 3.05) is 19.7 Å². The van der Waals surface area contributed by atoms with Crippen molar-refractivity contribution in [3.05, 3.63) is 51.7 Å². The number of carbonyl (C=O) groups excluding carboxylic acids is 2. The maximum Gasteiger partial charge on any atom is 0.242 e. The molecule has 1 aliphatic rings. The number of hydrogen-bond donors (Lipinski definition) is 0. The second-order valence-corrected chi connectivity index (χ2v) is 8.68. The Morgan fingerprint density at radius 1 is 1.28 bits per heavy atom. The molecule has 1 aromatic heterocycles. The molecule has 0 N–H and O–H groups in total. The largest absolute Gasteiger partial charge is 0.491 e. The van der Waals surface area contributed by atoms with Gasteiger partial charge in [-0.1, -0.05) is 24.6 Å². The van der Waals surface area contributed by atoms with Crippen LogP contribution in [0.1, 0.15) is 49.2 Å². The van der Waals surface area contributed by atoms with E-state index in [1.165, 1.54) is 22.9 Å². The predicted molar refractivity (Wildman–Crippen MR) is 116 cm³/mol. The number of benzene rings is 1. The normalized spacial score (nSPS) is 16.8. The molecule has 0 unspecified atom stereocenters. The van der Waals surface area contributed by atoms with Crippen LogP contribution in [-0.4, -0.2) is 47.4 Å². The van der Waals surface area contributed by atoms with Crippen molar-refractivity contribution in [3.8, 4) is 5.75 Å². The Bertz CT molecular complexity index is 846. The molecule has 0 fully saturated rings. The SMILES string of the molecule is CC[C@H](C)N(CC(=O)N1CCc2sccc2[C@@H]1COc1ccc(C)cc1)C(C)=O. The summed E-state index contributed by atoms with van der Waals surface area (Å²) in [5.74, 6) is 0.721. The monoisotopic (exact) mass is 414 g/mol. The molecule has 1 aromatic carbocycles. The Kier molecular flexibility index (Phi) is 6.96. The first kappa shape index (κ1) is 21.4. The lowest BCUT2D eigenvalue weighted by molar-refractivity contribution is -0.143. The molecule has 2 amide bonds. The minimum atomic E-state index is -0.135. The highest BCUT2D eigenvalue weighted by molar-refractivity contribution is 7.10. The summed E-state index contributed by atoms with van der Waals surface area (Å²) >= 11 is 1.74. The first-order valence-corrected chi connectivity index (χ1v) is 11.1. The van der Waals surface area contributed by atoms with Crippen LogP contribution in [0, 0.1) is 6.92 Å². The van der Waals surface area contributed by atoms with Crippen LogP contribution in [-0.2, 0) is 16.0 Å². The summed E-state index contributed by atoms with van der Waals surface area (Å²) in [4.78, 5) is 30.2. The highest BCUT2D eigenvalue weighted by atomic mass is 32.1. The molecule has 2 heterocycles. The zero-order chi connectivity index (χ0) is 21.0. The summed E-state index contributed by atoms with van der Waals surface area (Å²) in [5.41, 5.74) is 2.35. The van der Waals surface area contributed by atoms with Gasteiger partial charge in [0.1, 0.15) is 12.4 Å². The quantitative estimate of drug-likeness (QED) is 0.682. The van der Waals surface area contributed by atoms with Gasteiger partial charge >= 0.3 is 0 Å². The van der Waals surface area contributed by atoms with Gasteiger partial charge in [0.05, 0.1) is 12.6 Å². The average Bonchev–Trinajstić information content (AvgIpc) is 3.19. The van der Waals surface area contributed by atoms with Crippen molar-refractivity contribution in [1.82, 2.24) is 9.80 Å². The third-order valence-corrected chi connectivity index (χ3v) is 6.67. The molecule has 0 aliphatic carbocycles. The first-order valence-electron chi connectivity index (χ1n) is 10.2. The summed E-state index contributed by atoms with van der Waals surface area (Å²) in [5, 5.41) is 2.08. The van der Waals surface area contributed by atoms with Crippen LogP contribution in [0.25, 0.3) is 0 Å². The van der Waals surface area contributed by atoms with E-state index in [0.29, 0.717) is 13.2 Å². The van der Waals surface area contributed by atoms with Gasteiger partial charge in [-0.25, -0.2) is 0 Å². The molecule has 29 heavy (non-hydrogen) atoms. The van der Waals surface area contributed by atoms with E-state index in [1.54, 1.807) is 16.2 Å². The minimum Gasteiger partial charge on any atom is -0.491 e. The Labute approximate surface area is 177 Å². The van der Waals surface area contributed by atoms with Crippen LogP contribution in [0.2, 0.25) is 0 Å². The van der Waals surface area contributed by atoms with Crippen molar-refractivity contribution >= 4 is 23.2 Å². The standard InChI is InChI=1S/C23H30N2O3S/c1-5-17(3)25(18(4)26)14-23(27)24-12-10-22-20(11-13-29-22)21(24)15-28-19-8-6-16(2)7-9-19/h6-9,11,13,17,21H,5,10,12,14-15H2,1-4H3/t17-,21-/m0/s1. The van der Waals surface area contributed by atoms with Gasteiger partial charge in [-0.05, 0) is 55.8 Å². The van der Waals surface area contributed by atoms with Crippen molar-refractivity contribution in [2.45, 2.75) is 52.6 Å². The van der Waals surface area contributed by atoms with Gasteiger partial charge in [0.25, 0.3) is 0 Å². The number of ether oxygens (including phenoxy) is 1. The van der Waals surface area contributed by atoms with Crippen molar-refractivity contribution in [2.24, 2.45) is 0 Å². The predicted octanol–water partition coefficient (Wildman–Crippen LogP) is 4.21. The number of aryl methyl sites for hydroxylation is 1. The number of nitrogens with zero attached hydrogens (tertiary/aromatic N) is 2. The maximum absolute atomic E-state index is 13.2. The third-order valence-electron chi connectivity index (χ3n) is 5.68. The second kappa shape index (κ2) is 9.44. The van der Waals surface area contributed by atoms with E-state index in [0.717, 1.165) is 18.6 Å². The number of amides is 2. The molecule has 5 nitrogen and oxygen atoms in total. The zero-order valence-electron chi connectivity index (χ0n) is 17.7. The molecule has 0 radical (unpaired) electrons. The lowest BCUT2D eigenvalue weighted by Gasteiger charge is -2.37. The van der Waals surface area contributed by atoms with Gasteiger partial charge in [-0.15, -0.1) is 11.3 Å². The van der Waals surface area contributed by atoms with Gasteiger partial charge in [0.2, 0.25) is 11.8 Å². The molecule has 0 saturated carbocycles. The fourth-order valence-corrected chi connectivity index (χ4v) is 4.65. The summed E-state index contributed by atoms with van der Waals surface area (Å²) < 4.78 is 6.06. The molecule has 3 rings (SSSR count). The molecule has 1 aliphatic heterocycles. The Hall–Kier alpha value is -2.34. The first-order chi connectivity index (χ1) is 13.9. The fraction of sp³-hybridized carbons (Fsp3) is 0.478. The van der Waals surface area contributed by atoms with Crippen LogP contribution in [0.3, 0.4) is 0 Å². The van der Waals surface area contributed by atoms with E-state index in [-0.39, 0.29) is 30.4 Å². The van der Waals surface area contributed by atoms with E-state index in [1.807, 2.05) is 49.9 Å². The summed E-state index contributed by atoms with van der Waals surface area (Å²) in [6.07, 6.45) is 1.67. The molecule has 0 bridgehead atoms. The van der Waals surface area contributed by atoms with Gasteiger partial charge in [0.15, 0.2) is 0 Å². The van der Waals surface area contributed by atoms with Crippen molar-refractivity contribution < 1.29 is 14.3 Å². The topological polar surface area (TPSA) is 49.9 Å². The van der Waals surface area contributed by atoms with Gasteiger partial charge in [0, 0.05) is 24.4 Å². The molecule has 0 saturated heterocycles. The summed E-state index contributed by atoms with van der Waals surface area (Å²) in [6, 6.07) is 9.96. The smallest absolute Gasteiger partial charge is 0.242 e. The van der Waals surface area contributed by atoms with Crippen molar-refractivity contribution in [3.63, 3.8) is 0 Å². The van der Waals surface area contributed by atoms with E-state index >= 15 is 0 Å². The van der Waals surface area contributed by atoms with Crippen LogP contribution < -0.4 is 4.74 Å². The summed E-state index contributed by atoms with van der Waals surface area (Å²) in [6.45, 7) is 8.76. The molecule has 156 valence electrons. The average molecular weight is 415 g/mol. The van der Waals surface area contributed by atoms with Crippen molar-refractivity contribution in [1.29, 1.82) is 0 Å². The highest BCUT2D eigenvalue weighted by Crippen LogP contribution is 2.34. The number of rotatable bonds is 7. The molecular formula is C23H30N2O3S. The van der Waals surface area contributed by atoms with E-state index in [9.17, 15) is 9.59 Å². The third kappa shape index (κ3) is 4.99. The Morgan fingerprint density at radius 3 is 2.66 bits per heavy atom. The van der Waals surface area contributed by atoms with Gasteiger partial charge in [-0.2, -0.15) is 0 Å². The lowest BCUT2D eigenvalue weighted by atomic mass is 10.00. The molecule has 6 heteroatoms. The lowest BCUT2D eigenvalue weighted by Crippen LogP contribution is -2.49. The second-order valence-electron chi connectivity index (χ2n) is 7.68. The highest BCUT2D eigenvalue weighted by Gasteiger charge is 2.33. The molecule has 2 atom stereocenters. The zero-order valence-corrected chi connectivity index (χ0v) is 18.5. The fourth-order valence-electron chi connectivity index (χ4n) is 3.72. The van der Waals surface area contributed by atoms with E-state index in [2.05, 4.69) is 11.4 Å². The van der Waals surface area contributed by atoms with Crippen LogP contribution in [0.5, 0.6) is 5.75 Å². The van der Waals surface area contributed by atoms with Crippen LogP contribution in [0.15, 0.2) is 35.7 Å². The van der Waals surface area contributed by atoms with Crippen LogP contribution in [0.4, 0.5) is 0 Å². The Morgan fingerprint density at radius 2 is 2.00 bits per heavy atom. The number of fused-ring (bicyclic) bond motifs is 1. The molecular weight excluding hydrogens is 384 g/mol. The molecule has 2 aromatic rings. The maximum atomic E-state index is 13.2. The summed E-state index contributed by atoms with van der Waals surface area (Å²) in [7, 11) is 0. The minimum absolute atomic E-state index is 0.0187. The Balaban J connectivity index is 1.77. The van der Waals surface area contributed by atoms with Gasteiger partial charge < -0.3 is 14.5 Å². The number of carbonyl (C=O) groups is 2. The molecule has 0 spiro atoms. The number of thiophene rings is 1. The van der Waals surface area contributed by atoms with E-state index in [4.69, 9.17) is 4.74 Å². The van der Waals surface area contributed by atoms with Gasteiger partial charge in [-0.3, -0.25) is 9.59 Å².